The van der Waals surface area contributed by atoms with E-state index in [1.807, 2.05) is 4.90 Å². The normalized spacial score (nSPS) is 10.7. The highest BCUT2D eigenvalue weighted by molar-refractivity contribution is 5.92. The summed E-state index contributed by atoms with van der Waals surface area (Å²) in [6, 6.07) is 5.72. The molecule has 0 heterocycles. The highest BCUT2D eigenvalue weighted by Crippen LogP contribution is 2.08. The van der Waals surface area contributed by atoms with E-state index < -0.39 is 0 Å². The van der Waals surface area contributed by atoms with Gasteiger partial charge in [-0.15, -0.1) is 0 Å². The summed E-state index contributed by atoms with van der Waals surface area (Å²) in [5, 5.41) is 2.73. The first-order chi connectivity index (χ1) is 8.65. The van der Waals surface area contributed by atoms with Crippen LogP contribution < -0.4 is 11.1 Å². The molecule has 0 atom stereocenters. The quantitative estimate of drug-likeness (QED) is 0.773. The van der Waals surface area contributed by atoms with Gasteiger partial charge >= 0.3 is 0 Å². The predicted octanol–water partition coefficient (Wildman–Crippen LogP) is 1.43. The molecule has 5 heteroatoms. The van der Waals surface area contributed by atoms with E-state index in [1.165, 1.54) is 12.1 Å². The lowest BCUT2D eigenvalue weighted by molar-refractivity contribution is -0.117. The van der Waals surface area contributed by atoms with Crippen LogP contribution >= 0.6 is 0 Å². The monoisotopic (exact) mass is 253 g/mol. The number of hydrogen-bond acceptors (Lipinski definition) is 3. The number of hydrogen-bond donors (Lipinski definition) is 2. The number of halogens is 1. The molecule has 1 aromatic rings. The molecule has 4 nitrogen and oxygen atoms in total. The van der Waals surface area contributed by atoms with E-state index >= 15 is 0 Å². The summed E-state index contributed by atoms with van der Waals surface area (Å²) in [6.45, 7) is 4.44. The molecule has 0 saturated heterocycles. The van der Waals surface area contributed by atoms with Crippen LogP contribution in [-0.4, -0.2) is 37.0 Å². The maximum absolute atomic E-state index is 12.7. The third kappa shape index (κ3) is 5.25. The lowest BCUT2D eigenvalue weighted by atomic mass is 10.3. The average Bonchev–Trinajstić information content (AvgIpc) is 2.33. The lowest BCUT2D eigenvalue weighted by Crippen LogP contribution is -2.37. The highest BCUT2D eigenvalue weighted by Gasteiger charge is 2.09. The fourth-order valence-corrected chi connectivity index (χ4v) is 1.71. The van der Waals surface area contributed by atoms with E-state index in [4.69, 9.17) is 5.73 Å². The van der Waals surface area contributed by atoms with Crippen LogP contribution in [0, 0.1) is 5.82 Å². The maximum Gasteiger partial charge on any atom is 0.238 e. The fraction of sp³-hybridized carbons (Fsp3) is 0.462. The molecule has 18 heavy (non-hydrogen) atoms. The van der Waals surface area contributed by atoms with Crippen molar-refractivity contribution in [1.29, 1.82) is 0 Å². The lowest BCUT2D eigenvalue weighted by Gasteiger charge is -2.20. The Bertz CT molecular complexity index is 361. The molecule has 1 amide bonds. The molecule has 0 aromatic heterocycles. The van der Waals surface area contributed by atoms with Crippen molar-refractivity contribution < 1.29 is 9.18 Å². The van der Waals surface area contributed by atoms with Crippen molar-refractivity contribution in [2.45, 2.75) is 13.3 Å². The Kier molecular flexibility index (Phi) is 6.32. The zero-order valence-corrected chi connectivity index (χ0v) is 10.7. The minimum atomic E-state index is -0.316. The standard InChI is InChI=1S/C13H20FN3O/c1-2-8-17(9-7-15)10-13(18)16-12-5-3-11(14)4-6-12/h3-6H,2,7-10,15H2,1H3,(H,16,18). The minimum absolute atomic E-state index is 0.108. The van der Waals surface area contributed by atoms with Crippen molar-refractivity contribution in [2.24, 2.45) is 5.73 Å². The van der Waals surface area contributed by atoms with E-state index in [0.29, 0.717) is 25.3 Å². The summed E-state index contributed by atoms with van der Waals surface area (Å²) in [4.78, 5) is 13.8. The second-order valence-corrected chi connectivity index (χ2v) is 4.12. The van der Waals surface area contributed by atoms with E-state index in [-0.39, 0.29) is 11.7 Å². The van der Waals surface area contributed by atoms with Crippen molar-refractivity contribution in [3.63, 3.8) is 0 Å². The van der Waals surface area contributed by atoms with E-state index in [1.54, 1.807) is 12.1 Å². The summed E-state index contributed by atoms with van der Waals surface area (Å²) in [5.74, 6) is -0.424. The molecule has 100 valence electrons. The number of amides is 1. The third-order valence-corrected chi connectivity index (χ3v) is 2.48. The minimum Gasteiger partial charge on any atom is -0.329 e. The number of rotatable bonds is 7. The zero-order valence-electron chi connectivity index (χ0n) is 10.7. The topological polar surface area (TPSA) is 58.4 Å². The van der Waals surface area contributed by atoms with Crippen LogP contribution in [0.5, 0.6) is 0 Å². The van der Waals surface area contributed by atoms with Crippen molar-refractivity contribution in [3.05, 3.63) is 30.1 Å². The molecule has 0 spiro atoms. The van der Waals surface area contributed by atoms with Crippen molar-refractivity contribution in [2.75, 3.05) is 31.5 Å². The Morgan fingerprint density at radius 1 is 1.33 bits per heavy atom. The molecule has 0 saturated carbocycles. The Balaban J connectivity index is 2.46. The number of carbonyl (C=O) groups excluding carboxylic acids is 1. The SMILES string of the molecule is CCCN(CCN)CC(=O)Nc1ccc(F)cc1. The molecule has 1 aromatic carbocycles. The maximum atomic E-state index is 12.7. The van der Waals surface area contributed by atoms with Gasteiger partial charge in [-0.25, -0.2) is 4.39 Å². The molecule has 0 unspecified atom stereocenters. The van der Waals surface area contributed by atoms with Gasteiger partial charge in [0.25, 0.3) is 0 Å². The van der Waals surface area contributed by atoms with Gasteiger partial charge in [0, 0.05) is 18.8 Å². The first-order valence-electron chi connectivity index (χ1n) is 6.13. The largest absolute Gasteiger partial charge is 0.329 e. The van der Waals surface area contributed by atoms with Gasteiger partial charge in [-0.05, 0) is 37.2 Å². The highest BCUT2D eigenvalue weighted by atomic mass is 19.1. The summed E-state index contributed by atoms with van der Waals surface area (Å²) >= 11 is 0. The van der Waals surface area contributed by atoms with Crippen LogP contribution in [0.4, 0.5) is 10.1 Å². The van der Waals surface area contributed by atoms with Crippen LogP contribution in [0.1, 0.15) is 13.3 Å². The Hall–Kier alpha value is -1.46. The zero-order chi connectivity index (χ0) is 13.4. The smallest absolute Gasteiger partial charge is 0.238 e. The number of anilines is 1. The number of carbonyl (C=O) groups is 1. The Morgan fingerprint density at radius 3 is 2.56 bits per heavy atom. The van der Waals surface area contributed by atoms with Crippen LogP contribution in [0.25, 0.3) is 0 Å². The molecule has 0 aliphatic rings. The number of nitrogens with zero attached hydrogens (tertiary/aromatic N) is 1. The van der Waals surface area contributed by atoms with Crippen LogP contribution in [0.2, 0.25) is 0 Å². The molecule has 0 aliphatic carbocycles. The molecule has 3 N–H and O–H groups in total. The van der Waals surface area contributed by atoms with E-state index in [9.17, 15) is 9.18 Å². The van der Waals surface area contributed by atoms with Gasteiger partial charge in [-0.3, -0.25) is 9.69 Å². The van der Waals surface area contributed by atoms with Gasteiger partial charge < -0.3 is 11.1 Å². The van der Waals surface area contributed by atoms with Crippen molar-refractivity contribution in [1.82, 2.24) is 4.90 Å². The van der Waals surface area contributed by atoms with Crippen LogP contribution in [0.3, 0.4) is 0 Å². The molecule has 0 fully saturated rings. The average molecular weight is 253 g/mol. The summed E-state index contributed by atoms with van der Waals surface area (Å²) in [6.07, 6.45) is 0.976. The third-order valence-electron chi connectivity index (χ3n) is 2.48. The summed E-state index contributed by atoms with van der Waals surface area (Å²) in [7, 11) is 0. The van der Waals surface area contributed by atoms with Crippen LogP contribution in [-0.2, 0) is 4.79 Å². The molecule has 0 bridgehead atoms. The van der Waals surface area contributed by atoms with E-state index in [0.717, 1.165) is 13.0 Å². The van der Waals surface area contributed by atoms with Gasteiger partial charge in [0.15, 0.2) is 0 Å². The van der Waals surface area contributed by atoms with Gasteiger partial charge in [0.1, 0.15) is 5.82 Å². The second-order valence-electron chi connectivity index (χ2n) is 4.12. The van der Waals surface area contributed by atoms with E-state index in [2.05, 4.69) is 12.2 Å². The number of nitrogens with two attached hydrogens (primary N) is 1. The first-order valence-corrected chi connectivity index (χ1v) is 6.13. The first kappa shape index (κ1) is 14.6. The summed E-state index contributed by atoms with van der Waals surface area (Å²) < 4.78 is 12.7. The van der Waals surface area contributed by atoms with Crippen molar-refractivity contribution in [3.8, 4) is 0 Å². The van der Waals surface area contributed by atoms with Gasteiger partial charge in [0.2, 0.25) is 5.91 Å². The predicted molar refractivity (Wildman–Crippen MR) is 70.8 cm³/mol. The Morgan fingerprint density at radius 2 is 2.00 bits per heavy atom. The second kappa shape index (κ2) is 7.79. The van der Waals surface area contributed by atoms with Gasteiger partial charge in [-0.1, -0.05) is 6.92 Å². The molecular weight excluding hydrogens is 233 g/mol. The fourth-order valence-electron chi connectivity index (χ4n) is 1.71. The molecular formula is C13H20FN3O. The van der Waals surface area contributed by atoms with Gasteiger partial charge in [-0.2, -0.15) is 0 Å². The summed E-state index contributed by atoms with van der Waals surface area (Å²) in [5.41, 5.74) is 6.09. The Labute approximate surface area is 107 Å². The van der Waals surface area contributed by atoms with Crippen molar-refractivity contribution >= 4 is 11.6 Å². The number of nitrogens with one attached hydrogen (secondary N) is 1. The van der Waals surface area contributed by atoms with Gasteiger partial charge in [0.05, 0.1) is 6.54 Å². The number of benzene rings is 1. The molecule has 0 radical (unpaired) electrons. The molecule has 0 aliphatic heterocycles. The molecule has 1 rings (SSSR count). The van der Waals surface area contributed by atoms with Crippen LogP contribution in [0.15, 0.2) is 24.3 Å².